The highest BCUT2D eigenvalue weighted by molar-refractivity contribution is 6.07. The molecule has 1 aliphatic heterocycles. The molecule has 1 aromatic heterocycles. The van der Waals surface area contributed by atoms with Gasteiger partial charge in [-0.2, -0.15) is 4.98 Å². The lowest BCUT2D eigenvalue weighted by Gasteiger charge is -2.34. The zero-order chi connectivity index (χ0) is 19.0. The highest BCUT2D eigenvalue weighted by Crippen LogP contribution is 2.38. The van der Waals surface area contributed by atoms with Gasteiger partial charge in [-0.15, -0.1) is 0 Å². The number of aryl methyl sites for hydroxylation is 1. The Bertz CT molecular complexity index is 868. The second kappa shape index (κ2) is 6.79. The maximum atomic E-state index is 13.0. The molecule has 27 heavy (non-hydrogen) atoms. The Morgan fingerprint density at radius 2 is 2.00 bits per heavy atom. The number of imide groups is 1. The molecule has 4 rings (SSSR count). The van der Waals surface area contributed by atoms with Crippen LogP contribution in [0.2, 0.25) is 0 Å². The van der Waals surface area contributed by atoms with Crippen molar-refractivity contribution < 1.29 is 14.1 Å². The molecule has 1 spiro atoms. The number of rotatable bonds is 4. The molecule has 0 radical (unpaired) electrons. The first-order valence-corrected chi connectivity index (χ1v) is 9.55. The summed E-state index contributed by atoms with van der Waals surface area (Å²) in [5.41, 5.74) is 1.16. The zero-order valence-electron chi connectivity index (χ0n) is 15.7. The van der Waals surface area contributed by atoms with Crippen LogP contribution in [0.5, 0.6) is 0 Å². The van der Waals surface area contributed by atoms with E-state index in [2.05, 4.69) is 22.4 Å². The van der Waals surface area contributed by atoms with Crippen molar-refractivity contribution in [3.8, 4) is 11.4 Å². The van der Waals surface area contributed by atoms with Gasteiger partial charge in [0.25, 0.3) is 5.91 Å². The number of nitrogens with zero attached hydrogens (tertiary/aromatic N) is 3. The van der Waals surface area contributed by atoms with Crippen LogP contribution in [-0.2, 0) is 11.3 Å². The predicted molar refractivity (Wildman–Crippen MR) is 98.5 cm³/mol. The summed E-state index contributed by atoms with van der Waals surface area (Å²) in [5, 5.41) is 6.94. The fraction of sp³-hybridized carbons (Fsp3) is 0.500. The normalized spacial score (nSPS) is 25.3. The van der Waals surface area contributed by atoms with E-state index in [4.69, 9.17) is 4.52 Å². The van der Waals surface area contributed by atoms with Gasteiger partial charge >= 0.3 is 6.03 Å². The third-order valence-electron chi connectivity index (χ3n) is 5.93. The minimum atomic E-state index is -0.748. The van der Waals surface area contributed by atoms with Gasteiger partial charge in [0.2, 0.25) is 11.7 Å². The number of benzene rings is 1. The summed E-state index contributed by atoms with van der Waals surface area (Å²) in [4.78, 5) is 31.0. The molecule has 0 unspecified atom stereocenters. The number of nitrogens with one attached hydrogen (secondary N) is 1. The number of hydrogen-bond donors (Lipinski definition) is 1. The van der Waals surface area contributed by atoms with Gasteiger partial charge < -0.3 is 9.84 Å². The summed E-state index contributed by atoms with van der Waals surface area (Å²) in [6.07, 6.45) is 4.45. The molecule has 1 N–H and O–H groups in total. The second-order valence-electron chi connectivity index (χ2n) is 7.58. The molecular formula is C20H24N4O3. The predicted octanol–water partition coefficient (Wildman–Crippen LogP) is 3.44. The fourth-order valence-electron chi connectivity index (χ4n) is 4.12. The minimum absolute atomic E-state index is 0.00248. The number of carbonyl (C=O) groups is 2. The van der Waals surface area contributed by atoms with Crippen molar-refractivity contribution in [1.82, 2.24) is 20.4 Å². The highest BCUT2D eigenvalue weighted by Gasteiger charge is 2.52. The average molecular weight is 368 g/mol. The number of hydrogen-bond acceptors (Lipinski definition) is 5. The van der Waals surface area contributed by atoms with Crippen LogP contribution in [0.15, 0.2) is 28.8 Å². The summed E-state index contributed by atoms with van der Waals surface area (Å²) in [6, 6.07) is 7.37. The zero-order valence-corrected chi connectivity index (χ0v) is 15.7. The molecule has 1 aliphatic carbocycles. The van der Waals surface area contributed by atoms with Crippen LogP contribution in [0.1, 0.15) is 50.5 Å². The lowest BCUT2D eigenvalue weighted by Crippen LogP contribution is -2.49. The van der Waals surface area contributed by atoms with Crippen molar-refractivity contribution in [3.05, 3.63) is 35.7 Å². The van der Waals surface area contributed by atoms with Crippen molar-refractivity contribution in [2.75, 3.05) is 0 Å². The monoisotopic (exact) mass is 368 g/mol. The molecule has 7 heteroatoms. The van der Waals surface area contributed by atoms with E-state index in [-0.39, 0.29) is 24.4 Å². The Morgan fingerprint density at radius 3 is 2.70 bits per heavy atom. The van der Waals surface area contributed by atoms with Crippen LogP contribution in [0.3, 0.4) is 0 Å². The fourth-order valence-corrected chi connectivity index (χ4v) is 4.12. The van der Waals surface area contributed by atoms with E-state index in [0.717, 1.165) is 30.4 Å². The Balaban J connectivity index is 1.50. The smallest absolute Gasteiger partial charge is 0.325 e. The van der Waals surface area contributed by atoms with Crippen LogP contribution in [0.4, 0.5) is 4.79 Å². The molecular weight excluding hydrogens is 344 g/mol. The molecule has 7 nitrogen and oxygen atoms in total. The standard InChI is InChI=1S/C20H24N4O3/c1-3-14-8-10-20(11-9-14)18(25)24(19(26)22-20)12-16-21-17(23-27-16)15-7-5-4-6-13(15)2/h4-7,14H,3,8-12H2,1-2H3,(H,22,26). The minimum Gasteiger partial charge on any atom is -0.337 e. The summed E-state index contributed by atoms with van der Waals surface area (Å²) in [7, 11) is 0. The van der Waals surface area contributed by atoms with Crippen molar-refractivity contribution in [3.63, 3.8) is 0 Å². The summed E-state index contributed by atoms with van der Waals surface area (Å²) >= 11 is 0. The Kier molecular flexibility index (Phi) is 4.45. The van der Waals surface area contributed by atoms with Gasteiger partial charge in [-0.25, -0.2) is 4.79 Å². The number of aromatic nitrogens is 2. The van der Waals surface area contributed by atoms with E-state index < -0.39 is 5.54 Å². The lowest BCUT2D eigenvalue weighted by molar-refractivity contribution is -0.133. The third kappa shape index (κ3) is 3.11. The van der Waals surface area contributed by atoms with Crippen LogP contribution in [0.25, 0.3) is 11.4 Å². The number of amides is 3. The second-order valence-corrected chi connectivity index (χ2v) is 7.58. The third-order valence-corrected chi connectivity index (χ3v) is 5.93. The number of urea groups is 1. The van der Waals surface area contributed by atoms with Gasteiger partial charge in [0.1, 0.15) is 12.1 Å². The molecule has 1 saturated heterocycles. The van der Waals surface area contributed by atoms with Crippen LogP contribution < -0.4 is 5.32 Å². The number of carbonyl (C=O) groups excluding carboxylic acids is 2. The Hall–Kier alpha value is -2.70. The molecule has 2 aromatic rings. The van der Waals surface area contributed by atoms with Crippen molar-refractivity contribution in [1.29, 1.82) is 0 Å². The first-order valence-electron chi connectivity index (χ1n) is 9.55. The summed E-state index contributed by atoms with van der Waals surface area (Å²) in [6.45, 7) is 4.15. The van der Waals surface area contributed by atoms with Crippen LogP contribution in [-0.4, -0.2) is 32.5 Å². The van der Waals surface area contributed by atoms with Crippen molar-refractivity contribution in [2.24, 2.45) is 5.92 Å². The highest BCUT2D eigenvalue weighted by atomic mass is 16.5. The quantitative estimate of drug-likeness (QED) is 0.835. The Labute approximate surface area is 158 Å². The first-order chi connectivity index (χ1) is 13.0. The van der Waals surface area contributed by atoms with Crippen molar-refractivity contribution in [2.45, 2.75) is 58.0 Å². The van der Waals surface area contributed by atoms with Gasteiger partial charge in [-0.3, -0.25) is 9.69 Å². The van der Waals surface area contributed by atoms with E-state index >= 15 is 0 Å². The van der Waals surface area contributed by atoms with Crippen LogP contribution >= 0.6 is 0 Å². The molecule has 2 fully saturated rings. The van der Waals surface area contributed by atoms with Gasteiger partial charge in [-0.1, -0.05) is 42.8 Å². The van der Waals surface area contributed by atoms with E-state index in [9.17, 15) is 9.59 Å². The molecule has 3 amide bonds. The van der Waals surface area contributed by atoms with Gasteiger partial charge in [0.05, 0.1) is 0 Å². The molecule has 2 aliphatic rings. The maximum absolute atomic E-state index is 13.0. The van der Waals surface area contributed by atoms with Gasteiger partial charge in [-0.05, 0) is 44.1 Å². The van der Waals surface area contributed by atoms with E-state index in [1.165, 1.54) is 4.90 Å². The van der Waals surface area contributed by atoms with Gasteiger partial charge in [0, 0.05) is 5.56 Å². The molecule has 1 aromatic carbocycles. The van der Waals surface area contributed by atoms with Crippen LogP contribution in [0, 0.1) is 12.8 Å². The van der Waals surface area contributed by atoms with E-state index in [1.54, 1.807) is 0 Å². The van der Waals surface area contributed by atoms with Crippen molar-refractivity contribution >= 4 is 11.9 Å². The molecule has 2 heterocycles. The van der Waals surface area contributed by atoms with E-state index in [1.807, 2.05) is 31.2 Å². The summed E-state index contributed by atoms with van der Waals surface area (Å²) < 4.78 is 5.31. The molecule has 0 bridgehead atoms. The first kappa shape index (κ1) is 17.7. The Morgan fingerprint density at radius 1 is 1.26 bits per heavy atom. The molecule has 0 atom stereocenters. The SMILES string of the molecule is CCC1CCC2(CC1)NC(=O)N(Cc1nc(-c3ccccc3C)no1)C2=O. The average Bonchev–Trinajstić information content (AvgIpc) is 3.22. The lowest BCUT2D eigenvalue weighted by atomic mass is 9.75. The largest absolute Gasteiger partial charge is 0.337 e. The maximum Gasteiger partial charge on any atom is 0.325 e. The summed E-state index contributed by atoms with van der Waals surface area (Å²) in [5.74, 6) is 1.20. The van der Waals surface area contributed by atoms with Gasteiger partial charge in [0.15, 0.2) is 0 Å². The topological polar surface area (TPSA) is 88.3 Å². The molecule has 142 valence electrons. The van der Waals surface area contributed by atoms with E-state index in [0.29, 0.717) is 24.6 Å². The molecule has 1 saturated carbocycles.